The molecule has 1 aliphatic rings. The summed E-state index contributed by atoms with van der Waals surface area (Å²) in [5.41, 5.74) is 1.37. The molecule has 150 valence electrons. The summed E-state index contributed by atoms with van der Waals surface area (Å²) in [6.07, 6.45) is 3.77. The first-order valence-corrected chi connectivity index (χ1v) is 12.5. The van der Waals surface area contributed by atoms with Gasteiger partial charge in [0.2, 0.25) is 10.0 Å². The molecule has 28 heavy (non-hydrogen) atoms. The van der Waals surface area contributed by atoms with E-state index >= 15 is 0 Å². The van der Waals surface area contributed by atoms with Gasteiger partial charge < -0.3 is 4.90 Å². The largest absolute Gasteiger partial charge is 0.337 e. The van der Waals surface area contributed by atoms with Gasteiger partial charge in [-0.1, -0.05) is 12.1 Å². The van der Waals surface area contributed by atoms with Crippen LogP contribution in [0.15, 0.2) is 56.7 Å². The molecule has 0 saturated carbocycles. The highest BCUT2D eigenvalue weighted by Gasteiger charge is 2.28. The predicted octanol–water partition coefficient (Wildman–Crippen LogP) is 4.23. The van der Waals surface area contributed by atoms with Crippen LogP contribution in [-0.2, 0) is 16.6 Å². The summed E-state index contributed by atoms with van der Waals surface area (Å²) in [6.45, 7) is 1.52. The number of carbonyl (C=O) groups excluding carboxylic acids is 1. The Kier molecular flexibility index (Phi) is 6.85. The van der Waals surface area contributed by atoms with Crippen molar-refractivity contribution >= 4 is 43.6 Å². The van der Waals surface area contributed by atoms with Gasteiger partial charge in [-0.2, -0.15) is 4.31 Å². The first-order chi connectivity index (χ1) is 13.3. The molecular formula is C20H23BrN2O3S2. The van der Waals surface area contributed by atoms with Gasteiger partial charge in [0, 0.05) is 36.1 Å². The van der Waals surface area contributed by atoms with Crippen molar-refractivity contribution in [3.63, 3.8) is 0 Å². The van der Waals surface area contributed by atoms with Crippen molar-refractivity contribution in [2.45, 2.75) is 29.2 Å². The van der Waals surface area contributed by atoms with E-state index in [1.165, 1.54) is 15.3 Å². The van der Waals surface area contributed by atoms with Gasteiger partial charge in [-0.25, -0.2) is 8.42 Å². The molecule has 1 aliphatic heterocycles. The van der Waals surface area contributed by atoms with E-state index in [0.717, 1.165) is 18.4 Å². The molecule has 1 saturated heterocycles. The maximum Gasteiger partial charge on any atom is 0.255 e. The van der Waals surface area contributed by atoms with Gasteiger partial charge in [0.05, 0.1) is 10.5 Å². The fourth-order valence-corrected chi connectivity index (χ4v) is 5.56. The second-order valence-electron chi connectivity index (χ2n) is 6.76. The molecule has 0 radical (unpaired) electrons. The molecular weight excluding hydrogens is 460 g/mol. The number of nitrogens with zero attached hydrogens (tertiary/aromatic N) is 2. The Morgan fingerprint density at radius 1 is 1.14 bits per heavy atom. The number of hydrogen-bond donors (Lipinski definition) is 0. The zero-order chi connectivity index (χ0) is 20.3. The third-order valence-corrected chi connectivity index (χ3v) is 8.13. The summed E-state index contributed by atoms with van der Waals surface area (Å²) in [4.78, 5) is 15.9. The van der Waals surface area contributed by atoms with Gasteiger partial charge in [-0.15, -0.1) is 11.8 Å². The van der Waals surface area contributed by atoms with Crippen LogP contribution in [0.3, 0.4) is 0 Å². The van der Waals surface area contributed by atoms with Gasteiger partial charge in [0.15, 0.2) is 0 Å². The van der Waals surface area contributed by atoms with Gasteiger partial charge in [0.1, 0.15) is 0 Å². The quantitative estimate of drug-likeness (QED) is 0.578. The summed E-state index contributed by atoms with van der Waals surface area (Å²) < 4.78 is 27.7. The molecule has 0 atom stereocenters. The fourth-order valence-electron chi connectivity index (χ4n) is 3.19. The van der Waals surface area contributed by atoms with E-state index in [0.29, 0.717) is 29.7 Å². The fraction of sp³-hybridized carbons (Fsp3) is 0.350. The number of amides is 1. The van der Waals surface area contributed by atoms with Crippen LogP contribution in [0.4, 0.5) is 0 Å². The summed E-state index contributed by atoms with van der Waals surface area (Å²) in [6, 6.07) is 12.7. The van der Waals surface area contributed by atoms with Crippen molar-refractivity contribution in [1.29, 1.82) is 0 Å². The lowest BCUT2D eigenvalue weighted by Crippen LogP contribution is -2.29. The number of carbonyl (C=O) groups is 1. The highest BCUT2D eigenvalue weighted by atomic mass is 79.9. The Morgan fingerprint density at radius 2 is 1.79 bits per heavy atom. The van der Waals surface area contributed by atoms with Crippen LogP contribution in [0.1, 0.15) is 28.8 Å². The standard InChI is InChI=1S/C20H23BrN2O3S2/c1-22(14-15-5-7-16(27-2)8-6-15)20(24)18-13-17(9-10-19(18)21)28(25,26)23-11-3-4-12-23/h5-10,13H,3-4,11-12,14H2,1-2H3. The molecule has 5 nitrogen and oxygen atoms in total. The number of benzene rings is 2. The molecule has 3 rings (SSSR count). The van der Waals surface area contributed by atoms with Crippen LogP contribution in [0.5, 0.6) is 0 Å². The Bertz CT molecular complexity index is 956. The van der Waals surface area contributed by atoms with Crippen LogP contribution in [0.25, 0.3) is 0 Å². The minimum atomic E-state index is -3.56. The first-order valence-electron chi connectivity index (χ1n) is 9.01. The van der Waals surface area contributed by atoms with Gasteiger partial charge in [-0.3, -0.25) is 4.79 Å². The molecule has 0 spiro atoms. The maximum atomic E-state index is 13.0. The second-order valence-corrected chi connectivity index (χ2v) is 10.4. The van der Waals surface area contributed by atoms with Crippen molar-refractivity contribution in [2.75, 3.05) is 26.4 Å². The van der Waals surface area contributed by atoms with Crippen LogP contribution >= 0.6 is 27.7 Å². The molecule has 2 aromatic carbocycles. The minimum absolute atomic E-state index is 0.165. The summed E-state index contributed by atoms with van der Waals surface area (Å²) >= 11 is 5.06. The van der Waals surface area contributed by atoms with E-state index in [9.17, 15) is 13.2 Å². The zero-order valence-electron chi connectivity index (χ0n) is 15.9. The van der Waals surface area contributed by atoms with E-state index in [2.05, 4.69) is 15.9 Å². The van der Waals surface area contributed by atoms with Crippen molar-refractivity contribution in [3.8, 4) is 0 Å². The number of thioether (sulfide) groups is 1. The van der Waals surface area contributed by atoms with Crippen LogP contribution in [0, 0.1) is 0 Å². The number of hydrogen-bond acceptors (Lipinski definition) is 4. The molecule has 2 aromatic rings. The number of rotatable bonds is 6. The van der Waals surface area contributed by atoms with Crippen molar-refractivity contribution in [1.82, 2.24) is 9.21 Å². The normalized spacial score (nSPS) is 15.0. The van der Waals surface area contributed by atoms with Gasteiger partial charge in [-0.05, 0) is 70.9 Å². The summed E-state index contributed by atoms with van der Waals surface area (Å²) in [5.74, 6) is -0.223. The second kappa shape index (κ2) is 8.98. The third kappa shape index (κ3) is 4.62. The zero-order valence-corrected chi connectivity index (χ0v) is 19.1. The van der Waals surface area contributed by atoms with Crippen LogP contribution in [-0.4, -0.2) is 49.9 Å². The van der Waals surface area contributed by atoms with E-state index in [4.69, 9.17) is 0 Å². The molecule has 0 aromatic heterocycles. The molecule has 8 heteroatoms. The Hall–Kier alpha value is -1.35. The molecule has 0 bridgehead atoms. The minimum Gasteiger partial charge on any atom is -0.337 e. The van der Waals surface area contributed by atoms with E-state index in [1.54, 1.807) is 35.8 Å². The lowest BCUT2D eigenvalue weighted by atomic mass is 10.1. The van der Waals surface area contributed by atoms with Gasteiger partial charge >= 0.3 is 0 Å². The highest BCUT2D eigenvalue weighted by Crippen LogP contribution is 2.26. The number of sulfonamides is 1. The maximum absolute atomic E-state index is 13.0. The topological polar surface area (TPSA) is 57.7 Å². The monoisotopic (exact) mass is 482 g/mol. The number of halogens is 1. The van der Waals surface area contributed by atoms with E-state index in [1.807, 2.05) is 30.5 Å². The van der Waals surface area contributed by atoms with Crippen LogP contribution < -0.4 is 0 Å². The molecule has 1 heterocycles. The van der Waals surface area contributed by atoms with Crippen molar-refractivity contribution in [2.24, 2.45) is 0 Å². The molecule has 0 aliphatic carbocycles. The smallest absolute Gasteiger partial charge is 0.255 e. The molecule has 0 unspecified atom stereocenters. The lowest BCUT2D eigenvalue weighted by molar-refractivity contribution is 0.0784. The van der Waals surface area contributed by atoms with Crippen molar-refractivity contribution in [3.05, 3.63) is 58.1 Å². The Balaban J connectivity index is 1.82. The summed E-state index contributed by atoms with van der Waals surface area (Å²) in [7, 11) is -1.84. The Morgan fingerprint density at radius 3 is 2.39 bits per heavy atom. The summed E-state index contributed by atoms with van der Waals surface area (Å²) in [5, 5.41) is 0. The SMILES string of the molecule is CSc1ccc(CN(C)C(=O)c2cc(S(=O)(=O)N3CCCC3)ccc2Br)cc1. The predicted molar refractivity (Wildman–Crippen MR) is 116 cm³/mol. The lowest BCUT2D eigenvalue weighted by Gasteiger charge is -2.20. The first kappa shape index (κ1) is 21.4. The highest BCUT2D eigenvalue weighted by molar-refractivity contribution is 9.10. The van der Waals surface area contributed by atoms with Gasteiger partial charge in [0.25, 0.3) is 5.91 Å². The average Bonchev–Trinajstić information content (AvgIpc) is 3.24. The van der Waals surface area contributed by atoms with Crippen LogP contribution in [0.2, 0.25) is 0 Å². The molecule has 1 amide bonds. The molecule has 0 N–H and O–H groups in total. The van der Waals surface area contributed by atoms with E-state index in [-0.39, 0.29) is 10.8 Å². The average molecular weight is 483 g/mol. The Labute approximate surface area is 179 Å². The van der Waals surface area contributed by atoms with E-state index < -0.39 is 10.0 Å². The third-order valence-electron chi connectivity index (χ3n) is 4.80. The van der Waals surface area contributed by atoms with Crippen molar-refractivity contribution < 1.29 is 13.2 Å². The molecule has 1 fully saturated rings.